The predicted molar refractivity (Wildman–Crippen MR) is 50.1 cm³/mol. The van der Waals surface area contributed by atoms with Gasteiger partial charge in [-0.05, 0) is 12.5 Å². The molecule has 1 aliphatic rings. The van der Waals surface area contributed by atoms with E-state index in [4.69, 9.17) is 5.11 Å². The summed E-state index contributed by atoms with van der Waals surface area (Å²) in [7, 11) is 0. The van der Waals surface area contributed by atoms with Crippen molar-refractivity contribution in [1.29, 1.82) is 0 Å². The van der Waals surface area contributed by atoms with Crippen molar-refractivity contribution in [2.45, 2.75) is 18.9 Å². The van der Waals surface area contributed by atoms with Crippen LogP contribution in [0.3, 0.4) is 0 Å². The lowest BCUT2D eigenvalue weighted by Crippen LogP contribution is -2.44. The topological polar surface area (TPSA) is 67.1 Å². The Kier molecular flexibility index (Phi) is 2.49. The summed E-state index contributed by atoms with van der Waals surface area (Å²) in [6.45, 7) is 1.86. The molecule has 2 heterocycles. The zero-order valence-corrected chi connectivity index (χ0v) is 7.81. The van der Waals surface area contributed by atoms with E-state index in [9.17, 15) is 4.79 Å². The number of nitrogens with one attached hydrogen (secondary N) is 1. The summed E-state index contributed by atoms with van der Waals surface area (Å²) in [5.74, 6) is -0.760. The average molecular weight is 195 g/mol. The number of carboxylic acid groups (broad SMARTS) is 1. The molecule has 0 unspecified atom stereocenters. The normalized spacial score (nSPS) is 16.6. The number of nitrogens with zero attached hydrogens (tertiary/aromatic N) is 2. The molecule has 76 valence electrons. The van der Waals surface area contributed by atoms with E-state index < -0.39 is 5.97 Å². The highest BCUT2D eigenvalue weighted by Crippen LogP contribution is 2.14. The number of hydrogen-bond acceptors (Lipinski definition) is 3. The highest BCUT2D eigenvalue weighted by molar-refractivity contribution is 5.66. The third kappa shape index (κ3) is 1.77. The fourth-order valence-corrected chi connectivity index (χ4v) is 1.55. The lowest BCUT2D eigenvalue weighted by atomic mass is 10.1. The molecule has 0 aromatic carbocycles. The summed E-state index contributed by atoms with van der Waals surface area (Å²) in [6, 6.07) is 2.30. The molecule has 5 heteroatoms. The Balaban J connectivity index is 2.01. The number of aryl methyl sites for hydroxylation is 1. The Labute approximate surface area is 81.7 Å². The number of hydrogen-bond donors (Lipinski definition) is 2. The van der Waals surface area contributed by atoms with Crippen LogP contribution in [-0.4, -0.2) is 33.9 Å². The molecule has 0 radical (unpaired) electrons. The van der Waals surface area contributed by atoms with E-state index in [2.05, 4.69) is 10.4 Å². The summed E-state index contributed by atoms with van der Waals surface area (Å²) in [5, 5.41) is 15.9. The maximum absolute atomic E-state index is 10.4. The van der Waals surface area contributed by atoms with Crippen molar-refractivity contribution in [3.8, 4) is 0 Å². The molecule has 1 aromatic rings. The monoisotopic (exact) mass is 195 g/mol. The SMILES string of the molecule is O=C(O)CCc1ccnn1C1CNC1. The quantitative estimate of drug-likeness (QED) is 0.712. The van der Waals surface area contributed by atoms with Crippen molar-refractivity contribution in [2.75, 3.05) is 13.1 Å². The maximum Gasteiger partial charge on any atom is 0.303 e. The highest BCUT2D eigenvalue weighted by atomic mass is 16.4. The van der Waals surface area contributed by atoms with Crippen LogP contribution < -0.4 is 5.32 Å². The van der Waals surface area contributed by atoms with E-state index in [1.807, 2.05) is 10.7 Å². The minimum atomic E-state index is -0.760. The molecule has 0 spiro atoms. The second kappa shape index (κ2) is 3.79. The van der Waals surface area contributed by atoms with E-state index in [0.717, 1.165) is 18.8 Å². The van der Waals surface area contributed by atoms with Crippen molar-refractivity contribution in [1.82, 2.24) is 15.1 Å². The summed E-state index contributed by atoms with van der Waals surface area (Å²) < 4.78 is 1.93. The molecule has 0 atom stereocenters. The van der Waals surface area contributed by atoms with Gasteiger partial charge in [-0.3, -0.25) is 9.48 Å². The van der Waals surface area contributed by atoms with Gasteiger partial charge < -0.3 is 10.4 Å². The smallest absolute Gasteiger partial charge is 0.303 e. The molecule has 0 saturated carbocycles. The number of carboxylic acids is 1. The first-order valence-corrected chi connectivity index (χ1v) is 4.72. The average Bonchev–Trinajstić information content (AvgIpc) is 2.46. The molecule has 5 nitrogen and oxygen atoms in total. The highest BCUT2D eigenvalue weighted by Gasteiger charge is 2.21. The van der Waals surface area contributed by atoms with Gasteiger partial charge in [0.1, 0.15) is 0 Å². The predicted octanol–water partition coefficient (Wildman–Crippen LogP) is 0.0446. The maximum atomic E-state index is 10.4. The summed E-state index contributed by atoms with van der Waals surface area (Å²) in [5.41, 5.74) is 1.01. The zero-order chi connectivity index (χ0) is 9.97. The molecule has 2 N–H and O–H groups in total. The third-order valence-electron chi connectivity index (χ3n) is 2.45. The molecule has 14 heavy (non-hydrogen) atoms. The Morgan fingerprint density at radius 1 is 1.71 bits per heavy atom. The van der Waals surface area contributed by atoms with Gasteiger partial charge in [-0.25, -0.2) is 0 Å². The lowest BCUT2D eigenvalue weighted by molar-refractivity contribution is -0.137. The van der Waals surface area contributed by atoms with E-state index >= 15 is 0 Å². The van der Waals surface area contributed by atoms with Gasteiger partial charge in [0.05, 0.1) is 12.5 Å². The van der Waals surface area contributed by atoms with Gasteiger partial charge in [-0.15, -0.1) is 0 Å². The minimum absolute atomic E-state index is 0.172. The molecule has 0 aliphatic carbocycles. The molecule has 0 bridgehead atoms. The van der Waals surface area contributed by atoms with Crippen LogP contribution >= 0.6 is 0 Å². The van der Waals surface area contributed by atoms with Crippen LogP contribution in [0.1, 0.15) is 18.2 Å². The minimum Gasteiger partial charge on any atom is -0.481 e. The Morgan fingerprint density at radius 3 is 3.07 bits per heavy atom. The largest absolute Gasteiger partial charge is 0.481 e. The summed E-state index contributed by atoms with van der Waals surface area (Å²) in [4.78, 5) is 10.4. The fourth-order valence-electron chi connectivity index (χ4n) is 1.55. The van der Waals surface area contributed by atoms with Crippen LogP contribution in [0, 0.1) is 0 Å². The molecular weight excluding hydrogens is 182 g/mol. The second-order valence-corrected chi connectivity index (χ2v) is 3.47. The molecule has 0 amide bonds. The van der Waals surface area contributed by atoms with Crippen molar-refractivity contribution in [3.63, 3.8) is 0 Å². The van der Waals surface area contributed by atoms with Crippen LogP contribution in [0.25, 0.3) is 0 Å². The Bertz CT molecular complexity index is 331. The van der Waals surface area contributed by atoms with Crippen LogP contribution in [0.15, 0.2) is 12.3 Å². The number of carbonyl (C=O) groups is 1. The molecular formula is C9H13N3O2. The number of aromatic nitrogens is 2. The van der Waals surface area contributed by atoms with E-state index in [-0.39, 0.29) is 6.42 Å². The molecule has 1 fully saturated rings. The van der Waals surface area contributed by atoms with Gasteiger partial charge in [-0.2, -0.15) is 5.10 Å². The second-order valence-electron chi connectivity index (χ2n) is 3.47. The first-order chi connectivity index (χ1) is 6.77. The molecule has 1 saturated heterocycles. The third-order valence-corrected chi connectivity index (χ3v) is 2.45. The molecule has 1 aromatic heterocycles. The number of aliphatic carboxylic acids is 1. The number of rotatable bonds is 4. The van der Waals surface area contributed by atoms with Crippen LogP contribution in [-0.2, 0) is 11.2 Å². The van der Waals surface area contributed by atoms with Gasteiger partial charge in [-0.1, -0.05) is 0 Å². The fraction of sp³-hybridized carbons (Fsp3) is 0.556. The Morgan fingerprint density at radius 2 is 2.50 bits per heavy atom. The van der Waals surface area contributed by atoms with Gasteiger partial charge in [0.25, 0.3) is 0 Å². The van der Waals surface area contributed by atoms with Crippen molar-refractivity contribution < 1.29 is 9.90 Å². The standard InChI is InChI=1S/C9H13N3O2/c13-9(14)2-1-7-3-4-11-12(7)8-5-10-6-8/h3-4,8,10H,1-2,5-6H2,(H,13,14). The lowest BCUT2D eigenvalue weighted by Gasteiger charge is -2.28. The summed E-state index contributed by atoms with van der Waals surface area (Å²) in [6.07, 6.45) is 2.47. The first-order valence-electron chi connectivity index (χ1n) is 4.72. The molecule has 1 aliphatic heterocycles. The van der Waals surface area contributed by atoms with E-state index in [0.29, 0.717) is 12.5 Å². The van der Waals surface area contributed by atoms with Crippen LogP contribution in [0.5, 0.6) is 0 Å². The van der Waals surface area contributed by atoms with E-state index in [1.165, 1.54) is 0 Å². The van der Waals surface area contributed by atoms with E-state index in [1.54, 1.807) is 6.20 Å². The Hall–Kier alpha value is -1.36. The van der Waals surface area contributed by atoms with Crippen LogP contribution in [0.2, 0.25) is 0 Å². The van der Waals surface area contributed by atoms with Gasteiger partial charge in [0.15, 0.2) is 0 Å². The van der Waals surface area contributed by atoms with Crippen LogP contribution in [0.4, 0.5) is 0 Å². The van der Waals surface area contributed by atoms with Crippen molar-refractivity contribution >= 4 is 5.97 Å². The molecule has 2 rings (SSSR count). The van der Waals surface area contributed by atoms with Gasteiger partial charge in [0.2, 0.25) is 0 Å². The summed E-state index contributed by atoms with van der Waals surface area (Å²) >= 11 is 0. The van der Waals surface area contributed by atoms with Gasteiger partial charge in [0, 0.05) is 25.0 Å². The zero-order valence-electron chi connectivity index (χ0n) is 7.81. The first kappa shape index (κ1) is 9.21. The van der Waals surface area contributed by atoms with Crippen molar-refractivity contribution in [3.05, 3.63) is 18.0 Å². The van der Waals surface area contributed by atoms with Crippen molar-refractivity contribution in [2.24, 2.45) is 0 Å². The van der Waals surface area contributed by atoms with Gasteiger partial charge >= 0.3 is 5.97 Å².